The Hall–Kier alpha value is -3.27. The summed E-state index contributed by atoms with van der Waals surface area (Å²) < 4.78 is 2.10. The van der Waals surface area contributed by atoms with E-state index in [-0.39, 0.29) is 0 Å². The smallest absolute Gasteiger partial charge is 0.167 e. The van der Waals surface area contributed by atoms with Crippen LogP contribution in [0.2, 0.25) is 0 Å². The molecule has 0 aliphatic heterocycles. The molecule has 130 valence electrons. The molecule has 0 amide bonds. The first kappa shape index (κ1) is 16.2. The van der Waals surface area contributed by atoms with E-state index in [0.717, 1.165) is 41.4 Å². The predicted octanol–water partition coefficient (Wildman–Crippen LogP) is 3.04. The Labute approximate surface area is 151 Å². The van der Waals surface area contributed by atoms with Gasteiger partial charge in [-0.1, -0.05) is 18.2 Å². The van der Waals surface area contributed by atoms with Gasteiger partial charge in [0.15, 0.2) is 11.6 Å². The zero-order chi connectivity index (χ0) is 18.1. The second kappa shape index (κ2) is 6.56. The third kappa shape index (κ3) is 2.90. The van der Waals surface area contributed by atoms with Crippen molar-refractivity contribution in [3.63, 3.8) is 0 Å². The Morgan fingerprint density at radius 3 is 2.58 bits per heavy atom. The lowest BCUT2D eigenvalue weighted by molar-refractivity contribution is 0.834. The first-order valence-corrected chi connectivity index (χ1v) is 8.66. The number of para-hydroxylation sites is 1. The van der Waals surface area contributed by atoms with Crippen LogP contribution in [0.1, 0.15) is 47.2 Å². The second-order valence-corrected chi connectivity index (χ2v) is 6.52. The van der Waals surface area contributed by atoms with Crippen molar-refractivity contribution < 1.29 is 0 Å². The Bertz CT molecular complexity index is 981. The Balaban J connectivity index is 1.66. The maximum Gasteiger partial charge on any atom is 0.167 e. The fraction of sp³-hybridized carbons (Fsp3) is 0.316. The van der Waals surface area contributed by atoms with E-state index in [0.29, 0.717) is 23.8 Å². The number of nitriles is 1. The van der Waals surface area contributed by atoms with E-state index in [1.165, 1.54) is 0 Å². The van der Waals surface area contributed by atoms with Crippen LogP contribution in [0.4, 0.5) is 5.82 Å². The maximum atomic E-state index is 9.45. The van der Waals surface area contributed by atoms with E-state index in [2.05, 4.69) is 48.5 Å². The normalized spacial score (nSPS) is 13.4. The average molecular weight is 345 g/mol. The van der Waals surface area contributed by atoms with Crippen LogP contribution in [-0.2, 0) is 6.54 Å². The summed E-state index contributed by atoms with van der Waals surface area (Å²) in [6, 6.07) is 12.3. The topological polar surface area (TPSA) is 92.3 Å². The van der Waals surface area contributed by atoms with Crippen molar-refractivity contribution in [3.8, 4) is 11.8 Å². The quantitative estimate of drug-likeness (QED) is 0.764. The van der Waals surface area contributed by atoms with Gasteiger partial charge in [-0.15, -0.1) is 15.3 Å². The van der Waals surface area contributed by atoms with Gasteiger partial charge in [0.1, 0.15) is 17.5 Å². The summed E-state index contributed by atoms with van der Waals surface area (Å²) in [5.41, 5.74) is 3.16. The second-order valence-electron chi connectivity index (χ2n) is 6.52. The number of rotatable bonds is 5. The molecule has 1 fully saturated rings. The molecule has 1 aliphatic rings. The van der Waals surface area contributed by atoms with E-state index in [1.54, 1.807) is 0 Å². The zero-order valence-electron chi connectivity index (χ0n) is 14.8. The molecule has 7 heteroatoms. The number of benzene rings is 1. The van der Waals surface area contributed by atoms with E-state index < -0.39 is 0 Å². The lowest BCUT2D eigenvalue weighted by Crippen LogP contribution is -2.12. The minimum Gasteiger partial charge on any atom is -0.360 e. The van der Waals surface area contributed by atoms with E-state index in [9.17, 15) is 5.26 Å². The van der Waals surface area contributed by atoms with Crippen LogP contribution in [0, 0.1) is 25.2 Å². The van der Waals surface area contributed by atoms with Gasteiger partial charge >= 0.3 is 0 Å². The van der Waals surface area contributed by atoms with Gasteiger partial charge in [-0.3, -0.25) is 4.57 Å². The van der Waals surface area contributed by atoms with Crippen molar-refractivity contribution in [2.75, 3.05) is 5.32 Å². The molecule has 0 saturated heterocycles. The van der Waals surface area contributed by atoms with Crippen molar-refractivity contribution in [3.05, 3.63) is 58.8 Å². The monoisotopic (exact) mass is 345 g/mol. The molecule has 2 aromatic heterocycles. The van der Waals surface area contributed by atoms with E-state index >= 15 is 0 Å². The number of nitrogens with zero attached hydrogens (tertiary/aromatic N) is 6. The number of aryl methyl sites for hydroxylation is 1. The third-order valence-corrected chi connectivity index (χ3v) is 4.69. The first-order chi connectivity index (χ1) is 12.7. The predicted molar refractivity (Wildman–Crippen MR) is 96.9 cm³/mol. The molecule has 1 aromatic carbocycles. The molecule has 2 heterocycles. The lowest BCUT2D eigenvalue weighted by Gasteiger charge is -2.12. The van der Waals surface area contributed by atoms with Gasteiger partial charge in [0.05, 0.1) is 12.2 Å². The molecule has 4 rings (SSSR count). The number of hydrogen-bond acceptors (Lipinski definition) is 6. The molecule has 0 spiro atoms. The summed E-state index contributed by atoms with van der Waals surface area (Å²) in [5.74, 6) is 2.75. The zero-order valence-corrected chi connectivity index (χ0v) is 14.8. The van der Waals surface area contributed by atoms with Crippen molar-refractivity contribution in [2.45, 2.75) is 39.2 Å². The van der Waals surface area contributed by atoms with Crippen LogP contribution in [0.25, 0.3) is 5.69 Å². The third-order valence-electron chi connectivity index (χ3n) is 4.69. The molecular weight excluding hydrogens is 326 g/mol. The minimum atomic E-state index is 0.417. The van der Waals surface area contributed by atoms with Crippen LogP contribution < -0.4 is 5.32 Å². The molecule has 0 radical (unpaired) electrons. The summed E-state index contributed by atoms with van der Waals surface area (Å²) >= 11 is 0. The summed E-state index contributed by atoms with van der Waals surface area (Å²) in [5, 5.41) is 29.7. The largest absolute Gasteiger partial charge is 0.360 e. The molecule has 26 heavy (non-hydrogen) atoms. The molecule has 1 aliphatic carbocycles. The Kier molecular flexibility index (Phi) is 4.09. The van der Waals surface area contributed by atoms with E-state index in [4.69, 9.17) is 0 Å². The number of nitrogens with one attached hydrogen (secondary N) is 1. The molecule has 7 nitrogen and oxygen atoms in total. The van der Waals surface area contributed by atoms with Crippen LogP contribution in [0.15, 0.2) is 30.3 Å². The minimum absolute atomic E-state index is 0.417. The van der Waals surface area contributed by atoms with Gasteiger partial charge in [0.2, 0.25) is 0 Å². The summed E-state index contributed by atoms with van der Waals surface area (Å²) in [4.78, 5) is 0. The molecule has 3 aromatic rings. The van der Waals surface area contributed by atoms with Crippen molar-refractivity contribution in [2.24, 2.45) is 0 Å². The van der Waals surface area contributed by atoms with Gasteiger partial charge < -0.3 is 5.32 Å². The SMILES string of the molecule is Cc1nnc(NCc2nnc(C3CC3)n2-c2ccccc2)c(C#N)c1C. The highest BCUT2D eigenvalue weighted by Gasteiger charge is 2.30. The summed E-state index contributed by atoms with van der Waals surface area (Å²) in [6.07, 6.45) is 2.30. The van der Waals surface area contributed by atoms with Crippen LogP contribution in [0.5, 0.6) is 0 Å². The van der Waals surface area contributed by atoms with Gasteiger partial charge in [-0.2, -0.15) is 10.4 Å². The lowest BCUT2D eigenvalue weighted by atomic mass is 10.1. The molecular formula is C19H19N7. The van der Waals surface area contributed by atoms with Crippen LogP contribution >= 0.6 is 0 Å². The van der Waals surface area contributed by atoms with Gasteiger partial charge in [0, 0.05) is 11.6 Å². The van der Waals surface area contributed by atoms with Gasteiger partial charge in [0.25, 0.3) is 0 Å². The molecule has 1 N–H and O–H groups in total. The highest BCUT2D eigenvalue weighted by Crippen LogP contribution is 2.40. The van der Waals surface area contributed by atoms with Gasteiger partial charge in [-0.25, -0.2) is 0 Å². The maximum absolute atomic E-state index is 9.45. The summed E-state index contributed by atoms with van der Waals surface area (Å²) in [6.45, 7) is 4.15. The fourth-order valence-electron chi connectivity index (χ4n) is 2.94. The first-order valence-electron chi connectivity index (χ1n) is 8.66. The Morgan fingerprint density at radius 2 is 1.88 bits per heavy atom. The fourth-order valence-corrected chi connectivity index (χ4v) is 2.94. The van der Waals surface area contributed by atoms with Crippen molar-refractivity contribution in [1.29, 1.82) is 5.26 Å². The van der Waals surface area contributed by atoms with Crippen LogP contribution in [-0.4, -0.2) is 25.0 Å². The highest BCUT2D eigenvalue weighted by molar-refractivity contribution is 5.55. The molecule has 0 unspecified atom stereocenters. The molecule has 1 saturated carbocycles. The number of anilines is 1. The Morgan fingerprint density at radius 1 is 1.12 bits per heavy atom. The standard InChI is InChI=1S/C19H19N7/c1-12-13(2)22-24-18(16(12)10-20)21-11-17-23-25-19(14-8-9-14)26(17)15-6-4-3-5-7-15/h3-7,14H,8-9,11H2,1-2H3,(H,21,24). The molecule has 0 bridgehead atoms. The number of aromatic nitrogens is 5. The summed E-state index contributed by atoms with van der Waals surface area (Å²) in [7, 11) is 0. The van der Waals surface area contributed by atoms with Crippen molar-refractivity contribution >= 4 is 5.82 Å². The van der Waals surface area contributed by atoms with Crippen molar-refractivity contribution in [1.82, 2.24) is 25.0 Å². The average Bonchev–Trinajstić information content (AvgIpc) is 3.43. The van der Waals surface area contributed by atoms with E-state index in [1.807, 2.05) is 32.0 Å². The number of hydrogen-bond donors (Lipinski definition) is 1. The van der Waals surface area contributed by atoms with Crippen LogP contribution in [0.3, 0.4) is 0 Å². The molecule has 0 atom stereocenters. The highest BCUT2D eigenvalue weighted by atomic mass is 15.3. The van der Waals surface area contributed by atoms with Gasteiger partial charge in [-0.05, 0) is 44.4 Å².